The molecule has 0 aromatic heterocycles. The molecule has 0 spiro atoms. The normalized spacial score (nSPS) is 21.3. The van der Waals surface area contributed by atoms with Crippen molar-refractivity contribution in [2.45, 2.75) is 26.2 Å². The third-order valence-electron chi connectivity index (χ3n) is 2.27. The van der Waals surface area contributed by atoms with Gasteiger partial charge in [0.25, 0.3) is 0 Å². The summed E-state index contributed by atoms with van der Waals surface area (Å²) >= 11 is 1.88. The first-order valence-electron chi connectivity index (χ1n) is 4.17. The second-order valence-corrected chi connectivity index (χ2v) is 4.61. The van der Waals surface area contributed by atoms with Crippen molar-refractivity contribution in [1.29, 1.82) is 5.26 Å². The maximum Gasteiger partial charge on any atom is 0.131 e. The van der Waals surface area contributed by atoms with E-state index in [1.165, 1.54) is 0 Å². The monoisotopic (exact) mass is 183 g/mol. The molecule has 3 heteroatoms. The van der Waals surface area contributed by atoms with Crippen molar-refractivity contribution < 1.29 is 4.79 Å². The molecule has 0 N–H and O–H groups in total. The molecular formula is C9H13NOS. The number of Topliss-reactive ketones (excluding diaryl/α,β-unsaturated/α-hetero) is 1. The number of carbonyl (C=O) groups is 1. The number of thioether (sulfide) groups is 1. The number of carbonyl (C=O) groups excluding carboxylic acids is 1. The Hall–Kier alpha value is -0.490. The topological polar surface area (TPSA) is 40.9 Å². The largest absolute Gasteiger partial charge is 0.300 e. The summed E-state index contributed by atoms with van der Waals surface area (Å²) in [7, 11) is 0. The molecular weight excluding hydrogens is 170 g/mol. The molecule has 2 nitrogen and oxygen atoms in total. The quantitative estimate of drug-likeness (QED) is 0.657. The summed E-state index contributed by atoms with van der Waals surface area (Å²) in [5.41, 5.74) is -0.322. The lowest BCUT2D eigenvalue weighted by molar-refractivity contribution is -0.118. The predicted octanol–water partition coefficient (Wildman–Crippen LogP) is 2.00. The molecule has 1 rings (SSSR count). The lowest BCUT2D eigenvalue weighted by Gasteiger charge is -2.29. The standard InChI is InChI=1S/C9H13NOS/c1-8(11)6-9(7-10)2-4-12-5-3-9/h2-6H2,1H3. The molecule has 0 amide bonds. The molecule has 0 unspecified atom stereocenters. The Labute approximate surface area is 77.3 Å². The minimum Gasteiger partial charge on any atom is -0.300 e. The Morgan fingerprint density at radius 1 is 1.58 bits per heavy atom. The molecule has 1 heterocycles. The molecule has 0 atom stereocenters. The third-order valence-corrected chi connectivity index (χ3v) is 3.26. The zero-order chi connectivity index (χ0) is 9.03. The molecule has 0 saturated carbocycles. The first-order chi connectivity index (χ1) is 5.68. The van der Waals surface area contributed by atoms with Crippen LogP contribution in [0.5, 0.6) is 0 Å². The SMILES string of the molecule is CC(=O)CC1(C#N)CCSCC1. The summed E-state index contributed by atoms with van der Waals surface area (Å²) in [5.74, 6) is 2.20. The first kappa shape index (κ1) is 9.60. The second kappa shape index (κ2) is 3.95. The summed E-state index contributed by atoms with van der Waals surface area (Å²) in [4.78, 5) is 10.9. The van der Waals surface area contributed by atoms with E-state index in [1.807, 2.05) is 11.8 Å². The molecule has 1 aliphatic rings. The van der Waals surface area contributed by atoms with Crippen LogP contribution in [0.25, 0.3) is 0 Å². The molecule has 0 bridgehead atoms. The van der Waals surface area contributed by atoms with Gasteiger partial charge in [0, 0.05) is 6.42 Å². The number of ketones is 1. The van der Waals surface area contributed by atoms with Crippen LogP contribution in [0.3, 0.4) is 0 Å². The van der Waals surface area contributed by atoms with E-state index in [2.05, 4.69) is 6.07 Å². The van der Waals surface area contributed by atoms with Gasteiger partial charge in [-0.2, -0.15) is 17.0 Å². The molecule has 12 heavy (non-hydrogen) atoms. The van der Waals surface area contributed by atoms with Gasteiger partial charge in [0.15, 0.2) is 0 Å². The smallest absolute Gasteiger partial charge is 0.131 e. The fourth-order valence-electron chi connectivity index (χ4n) is 1.57. The lowest BCUT2D eigenvalue weighted by atomic mass is 9.79. The van der Waals surface area contributed by atoms with Crippen molar-refractivity contribution in [3.63, 3.8) is 0 Å². The summed E-state index contributed by atoms with van der Waals surface area (Å²) in [6.07, 6.45) is 2.21. The highest BCUT2D eigenvalue weighted by molar-refractivity contribution is 7.99. The highest BCUT2D eigenvalue weighted by atomic mass is 32.2. The van der Waals surface area contributed by atoms with Gasteiger partial charge in [0.2, 0.25) is 0 Å². The van der Waals surface area contributed by atoms with Crippen molar-refractivity contribution in [3.05, 3.63) is 0 Å². The molecule has 1 aliphatic heterocycles. The molecule has 0 aromatic rings. The van der Waals surface area contributed by atoms with Gasteiger partial charge in [-0.1, -0.05) is 0 Å². The van der Waals surface area contributed by atoms with E-state index in [4.69, 9.17) is 5.26 Å². The van der Waals surface area contributed by atoms with Gasteiger partial charge in [0.05, 0.1) is 11.5 Å². The highest BCUT2D eigenvalue weighted by Crippen LogP contribution is 2.37. The Kier molecular flexibility index (Phi) is 3.16. The van der Waals surface area contributed by atoms with Crippen LogP contribution in [0, 0.1) is 16.7 Å². The van der Waals surface area contributed by atoms with Crippen LogP contribution in [0.2, 0.25) is 0 Å². The van der Waals surface area contributed by atoms with Crippen molar-refractivity contribution in [2.24, 2.45) is 5.41 Å². The fourth-order valence-corrected chi connectivity index (χ4v) is 2.84. The van der Waals surface area contributed by atoms with Crippen LogP contribution in [-0.4, -0.2) is 17.3 Å². The Balaban J connectivity index is 2.61. The van der Waals surface area contributed by atoms with Crippen molar-refractivity contribution in [3.8, 4) is 6.07 Å². The fraction of sp³-hybridized carbons (Fsp3) is 0.778. The van der Waals surface area contributed by atoms with E-state index >= 15 is 0 Å². The van der Waals surface area contributed by atoms with Crippen LogP contribution < -0.4 is 0 Å². The molecule has 1 fully saturated rings. The summed E-state index contributed by atoms with van der Waals surface area (Å²) in [6, 6.07) is 2.31. The maximum absolute atomic E-state index is 10.9. The number of nitrogens with zero attached hydrogens (tertiary/aromatic N) is 1. The van der Waals surface area contributed by atoms with Gasteiger partial charge >= 0.3 is 0 Å². The Morgan fingerprint density at radius 2 is 2.17 bits per heavy atom. The van der Waals surface area contributed by atoms with E-state index in [9.17, 15) is 4.79 Å². The van der Waals surface area contributed by atoms with E-state index < -0.39 is 0 Å². The van der Waals surface area contributed by atoms with Crippen LogP contribution >= 0.6 is 11.8 Å². The van der Waals surface area contributed by atoms with Gasteiger partial charge in [-0.25, -0.2) is 0 Å². The lowest BCUT2D eigenvalue weighted by Crippen LogP contribution is -2.26. The third kappa shape index (κ3) is 2.25. The second-order valence-electron chi connectivity index (χ2n) is 3.38. The van der Waals surface area contributed by atoms with Crippen LogP contribution in [-0.2, 0) is 4.79 Å². The number of hydrogen-bond donors (Lipinski definition) is 0. The van der Waals surface area contributed by atoms with Crippen LogP contribution in [0.4, 0.5) is 0 Å². The van der Waals surface area contributed by atoms with Crippen molar-refractivity contribution in [2.75, 3.05) is 11.5 Å². The minimum absolute atomic E-state index is 0.142. The molecule has 66 valence electrons. The van der Waals surface area contributed by atoms with Crippen molar-refractivity contribution in [1.82, 2.24) is 0 Å². The molecule has 0 aromatic carbocycles. The van der Waals surface area contributed by atoms with Gasteiger partial charge in [0.1, 0.15) is 5.78 Å². The highest BCUT2D eigenvalue weighted by Gasteiger charge is 2.33. The zero-order valence-electron chi connectivity index (χ0n) is 7.30. The number of hydrogen-bond acceptors (Lipinski definition) is 3. The maximum atomic E-state index is 10.9. The summed E-state index contributed by atoms with van der Waals surface area (Å²) < 4.78 is 0. The zero-order valence-corrected chi connectivity index (χ0v) is 8.12. The average molecular weight is 183 g/mol. The molecule has 0 radical (unpaired) electrons. The Morgan fingerprint density at radius 3 is 2.58 bits per heavy atom. The number of rotatable bonds is 2. The van der Waals surface area contributed by atoms with Gasteiger partial charge in [-0.15, -0.1) is 0 Å². The van der Waals surface area contributed by atoms with E-state index in [1.54, 1.807) is 6.92 Å². The number of nitriles is 1. The van der Waals surface area contributed by atoms with Crippen LogP contribution in [0.15, 0.2) is 0 Å². The minimum atomic E-state index is -0.322. The van der Waals surface area contributed by atoms with Gasteiger partial charge in [-0.05, 0) is 31.3 Å². The van der Waals surface area contributed by atoms with Gasteiger partial charge in [-0.3, -0.25) is 4.79 Å². The van der Waals surface area contributed by atoms with Crippen molar-refractivity contribution >= 4 is 17.5 Å². The summed E-state index contributed by atoms with van der Waals surface area (Å²) in [5, 5.41) is 8.98. The Bertz CT molecular complexity index is 213. The van der Waals surface area contributed by atoms with E-state index in [0.717, 1.165) is 24.3 Å². The first-order valence-corrected chi connectivity index (χ1v) is 5.32. The van der Waals surface area contributed by atoms with E-state index in [-0.39, 0.29) is 11.2 Å². The van der Waals surface area contributed by atoms with E-state index in [0.29, 0.717) is 6.42 Å². The molecule has 1 saturated heterocycles. The van der Waals surface area contributed by atoms with Gasteiger partial charge < -0.3 is 0 Å². The van der Waals surface area contributed by atoms with Crippen LogP contribution in [0.1, 0.15) is 26.2 Å². The predicted molar refractivity (Wildman–Crippen MR) is 49.9 cm³/mol. The average Bonchev–Trinajstić information content (AvgIpc) is 2.05. The summed E-state index contributed by atoms with van der Waals surface area (Å²) in [6.45, 7) is 1.57. The molecule has 0 aliphatic carbocycles.